The van der Waals surface area contributed by atoms with E-state index in [4.69, 9.17) is 45.1 Å². The minimum Gasteiger partial charge on any atom is -0.497 e. The molecule has 0 radical (unpaired) electrons. The van der Waals surface area contributed by atoms with Crippen LogP contribution in [0.5, 0.6) is 17.2 Å². The van der Waals surface area contributed by atoms with Gasteiger partial charge in [0, 0.05) is 35.8 Å². The highest BCUT2D eigenvalue weighted by Gasteiger charge is 2.55. The second-order valence-corrected chi connectivity index (χ2v) is 21.4. The molecule has 6 aromatic rings. The van der Waals surface area contributed by atoms with Gasteiger partial charge in [-0.1, -0.05) is 120 Å². The van der Waals surface area contributed by atoms with E-state index in [1.807, 2.05) is 91.0 Å². The lowest BCUT2D eigenvalue weighted by Gasteiger charge is -2.49. The van der Waals surface area contributed by atoms with Crippen molar-refractivity contribution in [3.8, 4) is 17.2 Å². The average molecular weight is 1120 g/mol. The van der Waals surface area contributed by atoms with E-state index < -0.39 is 58.2 Å². The molecule has 3 heterocycles. The Balaban J connectivity index is 1.12. The minimum atomic E-state index is -1.13. The molecule has 5 aromatic carbocycles. The zero-order valence-corrected chi connectivity index (χ0v) is 45.7. The van der Waals surface area contributed by atoms with Crippen molar-refractivity contribution in [3.63, 3.8) is 0 Å². The largest absolute Gasteiger partial charge is 0.497 e. The number of halogens is 1. The predicted molar refractivity (Wildman–Crippen MR) is 293 cm³/mol. The van der Waals surface area contributed by atoms with Gasteiger partial charge in [-0.25, -0.2) is 14.6 Å². The normalized spacial score (nSPS) is 15.3. The van der Waals surface area contributed by atoms with Gasteiger partial charge in [0.15, 0.2) is 28.3 Å². The van der Waals surface area contributed by atoms with Crippen LogP contribution >= 0.6 is 46.5 Å². The highest BCUT2D eigenvalue weighted by Crippen LogP contribution is 2.44. The number of rotatable bonds is 20. The molecule has 0 saturated carbocycles. The summed E-state index contributed by atoms with van der Waals surface area (Å²) < 4.78 is 27.3. The van der Waals surface area contributed by atoms with Crippen LogP contribution in [0.4, 0.5) is 5.13 Å². The summed E-state index contributed by atoms with van der Waals surface area (Å²) in [5.41, 5.74) is 1.46. The maximum atomic E-state index is 14.7. The molecule has 0 bridgehead atoms. The maximum Gasteiger partial charge on any atom is 0.355 e. The zero-order chi connectivity index (χ0) is 54.9. The first-order chi connectivity index (χ1) is 37.0. The number of nitrogens with zero attached hydrogens (tertiary/aromatic N) is 3. The van der Waals surface area contributed by atoms with Crippen molar-refractivity contribution >= 4 is 93.0 Å². The molecule has 2 atom stereocenters. The van der Waals surface area contributed by atoms with Gasteiger partial charge in [-0.05, 0) is 72.9 Å². The van der Waals surface area contributed by atoms with Crippen LogP contribution in [0.3, 0.4) is 0 Å². The van der Waals surface area contributed by atoms with E-state index in [1.165, 1.54) is 40.1 Å². The van der Waals surface area contributed by atoms with E-state index in [0.29, 0.717) is 22.0 Å². The van der Waals surface area contributed by atoms with Crippen LogP contribution in [-0.4, -0.2) is 93.0 Å². The van der Waals surface area contributed by atoms with Crippen LogP contribution < -0.4 is 24.8 Å². The number of oxime groups is 1. The number of fused-ring (bicyclic) bond motifs is 1. The van der Waals surface area contributed by atoms with E-state index in [-0.39, 0.29) is 63.2 Å². The molecular weight excluding hydrogens is 1070 g/mol. The van der Waals surface area contributed by atoms with Gasteiger partial charge < -0.3 is 39.2 Å². The standard InChI is InChI=1S/C56H52ClN5O12S3/c1-33(63)72-42-26-27-43(44(48(42)73-34(2)64)52(67)74-55(3,4)5)77-32-71-61-45(41-31-76-54(58-41)60-56(37-16-10-7-11-17-37,38-18-12-8-13-19-38)39-20-14-9-15-21-39)49(65)59-46-50(66)62-47(36(28-57)30-75-51(46)62)53(68)70-29-35-22-24-40(69-6)25-23-35/h7-27,31,46,51H,28-30,32H2,1-6H3,(H,58,60)(H,59,65)/b61-45-/t46-,51+/m1/s1. The molecule has 2 N–H and O–H groups in total. The summed E-state index contributed by atoms with van der Waals surface area (Å²) in [4.78, 5) is 93.1. The van der Waals surface area contributed by atoms with Crippen molar-refractivity contribution in [1.82, 2.24) is 15.2 Å². The summed E-state index contributed by atoms with van der Waals surface area (Å²) in [5, 5.41) is 12.1. The second-order valence-electron chi connectivity index (χ2n) is 18.2. The third-order valence-electron chi connectivity index (χ3n) is 11.7. The lowest BCUT2D eigenvalue weighted by atomic mass is 9.77. The Morgan fingerprint density at radius 3 is 1.99 bits per heavy atom. The van der Waals surface area contributed by atoms with Gasteiger partial charge in [-0.2, -0.15) is 0 Å². The molecule has 0 unspecified atom stereocenters. The number of esters is 4. The summed E-state index contributed by atoms with van der Waals surface area (Å²) in [6, 6.07) is 38.2. The number of aromatic nitrogens is 1. The summed E-state index contributed by atoms with van der Waals surface area (Å²) in [6.07, 6.45) is 0. The van der Waals surface area contributed by atoms with Gasteiger partial charge in [-0.15, -0.1) is 34.7 Å². The Kier molecular flexibility index (Phi) is 17.7. The fraction of sp³-hybridized carbons (Fsp3) is 0.250. The minimum absolute atomic E-state index is 0.0134. The van der Waals surface area contributed by atoms with Crippen molar-refractivity contribution in [2.45, 2.75) is 68.7 Å². The number of carbonyl (C=O) groups excluding carboxylic acids is 6. The first-order valence-corrected chi connectivity index (χ1v) is 27.3. The fourth-order valence-electron chi connectivity index (χ4n) is 8.36. The molecule has 8 rings (SSSR count). The molecule has 398 valence electrons. The highest BCUT2D eigenvalue weighted by atomic mass is 35.5. The van der Waals surface area contributed by atoms with Crippen LogP contribution in [0.2, 0.25) is 0 Å². The first kappa shape index (κ1) is 55.6. The second kappa shape index (κ2) is 24.6. The van der Waals surface area contributed by atoms with Crippen molar-refractivity contribution in [2.75, 3.05) is 30.0 Å². The average Bonchev–Trinajstić information content (AvgIpc) is 3.99. The fourth-order valence-corrected chi connectivity index (χ4v) is 11.5. The number of carbonyl (C=O) groups is 6. The van der Waals surface area contributed by atoms with Gasteiger partial charge in [0.1, 0.15) is 51.9 Å². The third-order valence-corrected chi connectivity index (χ3v) is 15.0. The van der Waals surface area contributed by atoms with E-state index in [0.717, 1.165) is 42.3 Å². The third kappa shape index (κ3) is 12.8. The van der Waals surface area contributed by atoms with E-state index >= 15 is 0 Å². The quantitative estimate of drug-likeness (QED) is 0.00697. The molecule has 21 heteroatoms. The molecule has 1 fully saturated rings. The topological polar surface area (TPSA) is 210 Å². The molecule has 2 amide bonds. The SMILES string of the molecule is COc1ccc(COC(=O)C2=C(CCl)CS[C@H]3[C@H](NC(=O)/C(=N\OCSc4ccc(OC(C)=O)c(OC(C)=O)c4C(=O)OC(C)(C)C)c4csc(NC(c5ccccc5)(c5ccccc5)c5ccccc5)n4)C(=O)N23)cc1. The molecular formula is C56H52ClN5O12S3. The molecule has 2 aliphatic rings. The highest BCUT2D eigenvalue weighted by molar-refractivity contribution is 8.00. The molecule has 2 aliphatic heterocycles. The summed E-state index contributed by atoms with van der Waals surface area (Å²) in [5.74, 6) is -4.63. The lowest BCUT2D eigenvalue weighted by molar-refractivity contribution is -0.153. The van der Waals surface area contributed by atoms with Gasteiger partial charge in [0.05, 0.1) is 7.11 Å². The zero-order valence-electron chi connectivity index (χ0n) is 42.5. The Bertz CT molecular complexity index is 3130. The van der Waals surface area contributed by atoms with Crippen molar-refractivity contribution in [3.05, 3.63) is 178 Å². The molecule has 0 aliphatic carbocycles. The Morgan fingerprint density at radius 1 is 0.818 bits per heavy atom. The number of methoxy groups -OCH3 is 1. The lowest BCUT2D eigenvalue weighted by Crippen LogP contribution is -2.71. The Morgan fingerprint density at radius 2 is 1.43 bits per heavy atom. The Hall–Kier alpha value is -7.65. The molecule has 77 heavy (non-hydrogen) atoms. The van der Waals surface area contributed by atoms with Crippen molar-refractivity contribution in [1.29, 1.82) is 0 Å². The summed E-state index contributed by atoms with van der Waals surface area (Å²) >= 11 is 9.78. The number of hydrogen-bond acceptors (Lipinski definition) is 18. The molecule has 1 aromatic heterocycles. The van der Waals surface area contributed by atoms with Crippen molar-refractivity contribution in [2.24, 2.45) is 5.16 Å². The number of thioether (sulfide) groups is 2. The predicted octanol–water partition coefficient (Wildman–Crippen LogP) is 9.47. The number of β-lactam (4-membered cyclic amide) rings is 1. The van der Waals surface area contributed by atoms with Gasteiger partial charge in [-0.3, -0.25) is 24.1 Å². The number of hydrogen-bond donors (Lipinski definition) is 2. The number of anilines is 1. The van der Waals surface area contributed by atoms with E-state index in [9.17, 15) is 28.8 Å². The number of nitrogens with one attached hydrogen (secondary N) is 2. The van der Waals surface area contributed by atoms with Crippen LogP contribution in [0, 0.1) is 0 Å². The monoisotopic (exact) mass is 1120 g/mol. The van der Waals surface area contributed by atoms with Crippen LogP contribution in [0.1, 0.15) is 72.9 Å². The van der Waals surface area contributed by atoms with Gasteiger partial charge in [0.25, 0.3) is 11.8 Å². The van der Waals surface area contributed by atoms with Crippen molar-refractivity contribution < 1.29 is 57.3 Å². The first-order valence-electron chi connectivity index (χ1n) is 23.9. The number of thiazole rings is 1. The number of amides is 2. The Labute approximate surface area is 461 Å². The van der Waals surface area contributed by atoms with Crippen LogP contribution in [-0.2, 0) is 50.4 Å². The summed E-state index contributed by atoms with van der Waals surface area (Å²) in [7, 11) is 1.55. The van der Waals surface area contributed by atoms with E-state index in [2.05, 4.69) is 15.8 Å². The number of benzene rings is 5. The van der Waals surface area contributed by atoms with Crippen LogP contribution in [0.25, 0.3) is 0 Å². The maximum absolute atomic E-state index is 14.7. The van der Waals surface area contributed by atoms with Crippen LogP contribution in [0.15, 0.2) is 154 Å². The van der Waals surface area contributed by atoms with Gasteiger partial charge >= 0.3 is 23.9 Å². The van der Waals surface area contributed by atoms with E-state index in [1.54, 1.807) is 57.5 Å². The molecule has 17 nitrogen and oxygen atoms in total. The summed E-state index contributed by atoms with van der Waals surface area (Å²) in [6.45, 7) is 7.16. The number of alkyl halides is 1. The molecule has 0 spiro atoms. The smallest absolute Gasteiger partial charge is 0.355 e. The van der Waals surface area contributed by atoms with Gasteiger partial charge in [0.2, 0.25) is 0 Å². The molecule has 1 saturated heterocycles. The number of ether oxygens (including phenoxy) is 5.